The molecule has 1 saturated heterocycles. The zero-order chi connectivity index (χ0) is 24.2. The number of anilines is 1. The molecule has 0 spiro atoms. The molecule has 182 valence electrons. The van der Waals surface area contributed by atoms with Gasteiger partial charge >= 0.3 is 0 Å². The SMILES string of the molecule is COc1ccccc1Oc1nc(N2CCOCC2)nc2c1CN(C(=O)c1ccccc1OC)CC2. The van der Waals surface area contributed by atoms with Gasteiger partial charge in [-0.15, -0.1) is 0 Å². The van der Waals surface area contributed by atoms with Gasteiger partial charge in [0.15, 0.2) is 11.5 Å². The minimum atomic E-state index is -0.103. The maximum absolute atomic E-state index is 13.4. The molecule has 0 radical (unpaired) electrons. The Hall–Kier alpha value is -3.85. The Kier molecular flexibility index (Phi) is 6.67. The number of morpholine rings is 1. The normalized spacial score (nSPS) is 15.4. The molecule has 2 aromatic carbocycles. The molecule has 0 bridgehead atoms. The van der Waals surface area contributed by atoms with E-state index in [4.69, 9.17) is 28.9 Å². The topological polar surface area (TPSA) is 86.3 Å². The zero-order valence-electron chi connectivity index (χ0n) is 19.9. The van der Waals surface area contributed by atoms with Crippen LogP contribution in [0.15, 0.2) is 48.5 Å². The second-order valence-corrected chi connectivity index (χ2v) is 8.28. The van der Waals surface area contributed by atoms with Gasteiger partial charge in [-0.1, -0.05) is 24.3 Å². The molecule has 3 heterocycles. The van der Waals surface area contributed by atoms with Gasteiger partial charge in [0.2, 0.25) is 11.8 Å². The number of benzene rings is 2. The fourth-order valence-electron chi connectivity index (χ4n) is 4.33. The van der Waals surface area contributed by atoms with Crippen LogP contribution in [-0.2, 0) is 17.7 Å². The summed E-state index contributed by atoms with van der Waals surface area (Å²) in [7, 11) is 3.17. The molecule has 1 aromatic heterocycles. The minimum absolute atomic E-state index is 0.103. The van der Waals surface area contributed by atoms with E-state index in [2.05, 4.69) is 4.90 Å². The summed E-state index contributed by atoms with van der Waals surface area (Å²) in [6.45, 7) is 3.56. The molecule has 0 aliphatic carbocycles. The highest BCUT2D eigenvalue weighted by atomic mass is 16.5. The van der Waals surface area contributed by atoms with Crippen LogP contribution >= 0.6 is 0 Å². The smallest absolute Gasteiger partial charge is 0.257 e. The Labute approximate surface area is 204 Å². The predicted octanol–water partition coefficient (Wildman–Crippen LogP) is 3.32. The third-order valence-corrected chi connectivity index (χ3v) is 6.20. The highest BCUT2D eigenvalue weighted by Gasteiger charge is 2.30. The van der Waals surface area contributed by atoms with Gasteiger partial charge in [0.25, 0.3) is 5.91 Å². The van der Waals surface area contributed by atoms with Gasteiger partial charge in [0.1, 0.15) is 5.75 Å². The second-order valence-electron chi connectivity index (χ2n) is 8.28. The Balaban J connectivity index is 1.51. The highest BCUT2D eigenvalue weighted by molar-refractivity contribution is 5.97. The van der Waals surface area contributed by atoms with E-state index >= 15 is 0 Å². The van der Waals surface area contributed by atoms with Crippen LogP contribution in [-0.4, -0.2) is 67.8 Å². The number of nitrogens with zero attached hydrogens (tertiary/aromatic N) is 4. The molecule has 1 fully saturated rings. The van der Waals surface area contributed by atoms with Crippen molar-refractivity contribution < 1.29 is 23.7 Å². The first-order valence-electron chi connectivity index (χ1n) is 11.6. The molecule has 3 aromatic rings. The Morgan fingerprint density at radius 3 is 2.31 bits per heavy atom. The van der Waals surface area contributed by atoms with E-state index in [1.807, 2.05) is 36.4 Å². The van der Waals surface area contributed by atoms with Crippen molar-refractivity contribution in [3.63, 3.8) is 0 Å². The van der Waals surface area contributed by atoms with Crippen molar-refractivity contribution in [2.75, 3.05) is 52.0 Å². The van der Waals surface area contributed by atoms with E-state index < -0.39 is 0 Å². The molecule has 1 amide bonds. The molecular weight excluding hydrogens is 448 g/mol. The Bertz CT molecular complexity index is 1210. The van der Waals surface area contributed by atoms with Gasteiger partial charge in [-0.25, -0.2) is 4.98 Å². The van der Waals surface area contributed by atoms with Crippen molar-refractivity contribution in [3.8, 4) is 23.1 Å². The van der Waals surface area contributed by atoms with Gasteiger partial charge in [0.05, 0.1) is 50.8 Å². The average Bonchev–Trinajstić information content (AvgIpc) is 2.93. The van der Waals surface area contributed by atoms with Crippen molar-refractivity contribution in [1.29, 1.82) is 0 Å². The largest absolute Gasteiger partial charge is 0.496 e. The number of amides is 1. The summed E-state index contributed by atoms with van der Waals surface area (Å²) in [6, 6.07) is 14.7. The number of rotatable bonds is 6. The quantitative estimate of drug-likeness (QED) is 0.536. The fraction of sp³-hybridized carbons (Fsp3) is 0.346. The predicted molar refractivity (Wildman–Crippen MR) is 130 cm³/mol. The molecule has 2 aliphatic rings. The van der Waals surface area contributed by atoms with Crippen LogP contribution in [0.3, 0.4) is 0 Å². The first-order valence-corrected chi connectivity index (χ1v) is 11.6. The standard InChI is InChI=1S/C26H28N4O5/c1-32-21-8-4-3-7-18(21)25(31)30-12-11-20-19(17-30)24(35-23-10-6-5-9-22(23)33-2)28-26(27-20)29-13-15-34-16-14-29/h3-10H,11-17H2,1-2H3. The maximum Gasteiger partial charge on any atom is 0.257 e. The lowest BCUT2D eigenvalue weighted by Crippen LogP contribution is -2.39. The molecule has 2 aliphatic heterocycles. The van der Waals surface area contributed by atoms with Crippen molar-refractivity contribution in [1.82, 2.24) is 14.9 Å². The first-order chi connectivity index (χ1) is 17.2. The molecule has 9 nitrogen and oxygen atoms in total. The van der Waals surface area contributed by atoms with E-state index in [0.717, 1.165) is 11.3 Å². The number of carbonyl (C=O) groups excluding carboxylic acids is 1. The second kappa shape index (κ2) is 10.2. The van der Waals surface area contributed by atoms with Gasteiger partial charge in [-0.3, -0.25) is 4.79 Å². The van der Waals surface area contributed by atoms with Crippen LogP contribution in [0.25, 0.3) is 0 Å². The summed E-state index contributed by atoms with van der Waals surface area (Å²) in [6.07, 6.45) is 0.596. The van der Waals surface area contributed by atoms with E-state index in [1.165, 1.54) is 0 Å². The summed E-state index contributed by atoms with van der Waals surface area (Å²) in [5.74, 6) is 2.64. The summed E-state index contributed by atoms with van der Waals surface area (Å²) < 4.78 is 22.7. The van der Waals surface area contributed by atoms with Gasteiger partial charge < -0.3 is 28.7 Å². The van der Waals surface area contributed by atoms with Gasteiger partial charge in [-0.2, -0.15) is 4.98 Å². The van der Waals surface area contributed by atoms with Crippen molar-refractivity contribution >= 4 is 11.9 Å². The molecule has 0 unspecified atom stereocenters. The van der Waals surface area contributed by atoms with Crippen molar-refractivity contribution in [2.24, 2.45) is 0 Å². The molecular formula is C26H28N4O5. The number of aromatic nitrogens is 2. The number of fused-ring (bicyclic) bond motifs is 1. The lowest BCUT2D eigenvalue weighted by molar-refractivity contribution is 0.0728. The van der Waals surface area contributed by atoms with Gasteiger partial charge in [0, 0.05) is 26.1 Å². The number of carbonyl (C=O) groups is 1. The average molecular weight is 477 g/mol. The van der Waals surface area contributed by atoms with Crippen LogP contribution < -0.4 is 19.1 Å². The molecule has 0 N–H and O–H groups in total. The minimum Gasteiger partial charge on any atom is -0.496 e. The molecule has 5 rings (SSSR count). The number of ether oxygens (including phenoxy) is 4. The third-order valence-electron chi connectivity index (χ3n) is 6.20. The molecule has 0 saturated carbocycles. The monoisotopic (exact) mass is 476 g/mol. The van der Waals surface area contributed by atoms with E-state index in [9.17, 15) is 4.79 Å². The number of hydrogen-bond donors (Lipinski definition) is 0. The molecule has 0 atom stereocenters. The summed E-state index contributed by atoms with van der Waals surface area (Å²) in [4.78, 5) is 26.9. The lowest BCUT2D eigenvalue weighted by Gasteiger charge is -2.32. The van der Waals surface area contributed by atoms with Crippen LogP contribution in [0.2, 0.25) is 0 Å². The Morgan fingerprint density at radius 2 is 1.57 bits per heavy atom. The molecule has 35 heavy (non-hydrogen) atoms. The maximum atomic E-state index is 13.4. The zero-order valence-corrected chi connectivity index (χ0v) is 19.9. The van der Waals surface area contributed by atoms with E-state index in [-0.39, 0.29) is 5.91 Å². The lowest BCUT2D eigenvalue weighted by atomic mass is 10.0. The van der Waals surface area contributed by atoms with Crippen molar-refractivity contribution in [2.45, 2.75) is 13.0 Å². The molecule has 9 heteroatoms. The number of hydrogen-bond acceptors (Lipinski definition) is 8. The highest BCUT2D eigenvalue weighted by Crippen LogP contribution is 2.36. The van der Waals surface area contributed by atoms with E-state index in [1.54, 1.807) is 31.3 Å². The number of para-hydroxylation sites is 3. The van der Waals surface area contributed by atoms with Crippen LogP contribution in [0.4, 0.5) is 5.95 Å². The third kappa shape index (κ3) is 4.72. The van der Waals surface area contributed by atoms with Crippen LogP contribution in [0.5, 0.6) is 23.1 Å². The number of methoxy groups -OCH3 is 2. The summed E-state index contributed by atoms with van der Waals surface area (Å²) >= 11 is 0. The first kappa shape index (κ1) is 22.9. The Morgan fingerprint density at radius 1 is 0.886 bits per heavy atom. The fourth-order valence-corrected chi connectivity index (χ4v) is 4.33. The summed E-state index contributed by atoms with van der Waals surface area (Å²) in [5, 5.41) is 0. The van der Waals surface area contributed by atoms with Crippen molar-refractivity contribution in [3.05, 3.63) is 65.4 Å². The van der Waals surface area contributed by atoms with E-state index in [0.29, 0.717) is 80.5 Å². The van der Waals surface area contributed by atoms with Gasteiger partial charge in [-0.05, 0) is 24.3 Å². The van der Waals surface area contributed by atoms with Crippen LogP contribution in [0.1, 0.15) is 21.6 Å². The van der Waals surface area contributed by atoms with Crippen LogP contribution in [0, 0.1) is 0 Å². The summed E-state index contributed by atoms with van der Waals surface area (Å²) in [5.41, 5.74) is 2.20.